The van der Waals surface area contributed by atoms with Crippen LogP contribution < -0.4 is 4.90 Å². The Morgan fingerprint density at radius 1 is 1.12 bits per heavy atom. The van der Waals surface area contributed by atoms with Crippen LogP contribution in [0.4, 0.5) is 5.69 Å². The number of morpholine rings is 1. The molecule has 0 bridgehead atoms. The maximum atomic E-state index is 5.41. The van der Waals surface area contributed by atoms with E-state index in [1.807, 2.05) is 0 Å². The molecule has 0 radical (unpaired) electrons. The highest BCUT2D eigenvalue weighted by Gasteiger charge is 2.23. The molecule has 0 atom stereocenters. The van der Waals surface area contributed by atoms with Crippen molar-refractivity contribution in [2.45, 2.75) is 19.3 Å². The number of hydrogen-bond acceptors (Lipinski definition) is 2. The van der Waals surface area contributed by atoms with Gasteiger partial charge in [0.25, 0.3) is 0 Å². The molecule has 2 aliphatic rings. The van der Waals surface area contributed by atoms with E-state index in [2.05, 4.69) is 29.2 Å². The third-order valence-corrected chi connectivity index (χ3v) is 3.55. The number of rotatable bonds is 3. The minimum atomic E-state index is 0.873. The van der Waals surface area contributed by atoms with Crippen molar-refractivity contribution in [1.82, 2.24) is 0 Å². The zero-order chi connectivity index (χ0) is 10.8. The predicted molar refractivity (Wildman–Crippen MR) is 65.9 cm³/mol. The highest BCUT2D eigenvalue weighted by molar-refractivity contribution is 5.54. The Balaban J connectivity index is 1.79. The monoisotopic (exact) mass is 217 g/mol. The van der Waals surface area contributed by atoms with E-state index in [9.17, 15) is 0 Å². The Morgan fingerprint density at radius 2 is 1.88 bits per heavy atom. The van der Waals surface area contributed by atoms with Crippen molar-refractivity contribution in [2.24, 2.45) is 5.92 Å². The molecule has 16 heavy (non-hydrogen) atoms. The normalized spacial score (nSPS) is 21.1. The van der Waals surface area contributed by atoms with Gasteiger partial charge in [-0.05, 0) is 36.8 Å². The van der Waals surface area contributed by atoms with Crippen molar-refractivity contribution in [1.29, 1.82) is 0 Å². The lowest BCUT2D eigenvalue weighted by molar-refractivity contribution is 0.122. The van der Waals surface area contributed by atoms with Crippen LogP contribution in [-0.4, -0.2) is 26.3 Å². The molecular weight excluding hydrogens is 198 g/mol. The summed E-state index contributed by atoms with van der Waals surface area (Å²) in [5.74, 6) is 0.960. The number of anilines is 1. The van der Waals surface area contributed by atoms with Gasteiger partial charge in [0.2, 0.25) is 0 Å². The van der Waals surface area contributed by atoms with Crippen LogP contribution >= 0.6 is 0 Å². The molecule has 1 aliphatic carbocycles. The molecule has 0 amide bonds. The lowest BCUT2D eigenvalue weighted by Gasteiger charge is -2.30. The van der Waals surface area contributed by atoms with Crippen molar-refractivity contribution in [3.63, 3.8) is 0 Å². The van der Waals surface area contributed by atoms with Crippen LogP contribution in [0.15, 0.2) is 24.3 Å². The largest absolute Gasteiger partial charge is 0.378 e. The van der Waals surface area contributed by atoms with Crippen LogP contribution in [0.3, 0.4) is 0 Å². The third kappa shape index (κ3) is 2.22. The zero-order valence-corrected chi connectivity index (χ0v) is 9.69. The highest BCUT2D eigenvalue weighted by atomic mass is 16.5. The number of hydrogen-bond donors (Lipinski definition) is 0. The molecule has 3 rings (SSSR count). The lowest BCUT2D eigenvalue weighted by atomic mass is 10.1. The van der Waals surface area contributed by atoms with E-state index >= 15 is 0 Å². The third-order valence-electron chi connectivity index (χ3n) is 3.55. The molecule has 2 fully saturated rings. The predicted octanol–water partition coefficient (Wildman–Crippen LogP) is 2.48. The maximum Gasteiger partial charge on any atom is 0.0642 e. The molecule has 2 nitrogen and oxygen atoms in total. The standard InChI is InChI=1S/C14H19NO/c1-2-4-14(15-7-9-16-10-8-15)13(3-1)11-12-5-6-12/h1-4,12H,5-11H2. The van der Waals surface area contributed by atoms with Crippen LogP contribution in [-0.2, 0) is 11.2 Å². The summed E-state index contributed by atoms with van der Waals surface area (Å²) >= 11 is 0. The Morgan fingerprint density at radius 3 is 2.62 bits per heavy atom. The Kier molecular flexibility index (Phi) is 2.83. The van der Waals surface area contributed by atoms with Gasteiger partial charge in [0.05, 0.1) is 13.2 Å². The molecule has 0 N–H and O–H groups in total. The van der Waals surface area contributed by atoms with E-state index in [0.717, 1.165) is 32.2 Å². The van der Waals surface area contributed by atoms with E-state index in [-0.39, 0.29) is 0 Å². The van der Waals surface area contributed by atoms with Gasteiger partial charge < -0.3 is 9.64 Å². The second-order valence-corrected chi connectivity index (χ2v) is 4.88. The van der Waals surface area contributed by atoms with Gasteiger partial charge in [-0.1, -0.05) is 18.2 Å². The van der Waals surface area contributed by atoms with Gasteiger partial charge >= 0.3 is 0 Å². The van der Waals surface area contributed by atoms with Crippen molar-refractivity contribution in [2.75, 3.05) is 31.2 Å². The van der Waals surface area contributed by atoms with E-state index in [1.54, 1.807) is 0 Å². The van der Waals surface area contributed by atoms with Crippen molar-refractivity contribution in [3.8, 4) is 0 Å². The topological polar surface area (TPSA) is 12.5 Å². The molecule has 1 saturated heterocycles. The first-order chi connectivity index (χ1) is 7.93. The van der Waals surface area contributed by atoms with E-state index in [1.165, 1.54) is 30.5 Å². The summed E-state index contributed by atoms with van der Waals surface area (Å²) in [6.07, 6.45) is 4.13. The van der Waals surface area contributed by atoms with Gasteiger partial charge in [-0.2, -0.15) is 0 Å². The summed E-state index contributed by atoms with van der Waals surface area (Å²) in [6, 6.07) is 8.88. The summed E-state index contributed by atoms with van der Waals surface area (Å²) in [5, 5.41) is 0. The first kappa shape index (κ1) is 10.2. The molecule has 0 unspecified atom stereocenters. The van der Waals surface area contributed by atoms with Crippen LogP contribution in [0.25, 0.3) is 0 Å². The van der Waals surface area contributed by atoms with Crippen molar-refractivity contribution in [3.05, 3.63) is 29.8 Å². The van der Waals surface area contributed by atoms with Crippen molar-refractivity contribution < 1.29 is 4.74 Å². The second-order valence-electron chi connectivity index (χ2n) is 4.88. The van der Waals surface area contributed by atoms with Crippen LogP contribution in [0.2, 0.25) is 0 Å². The summed E-state index contributed by atoms with van der Waals surface area (Å²) in [4.78, 5) is 2.47. The summed E-state index contributed by atoms with van der Waals surface area (Å²) in [7, 11) is 0. The Hall–Kier alpha value is -1.02. The van der Waals surface area contributed by atoms with E-state index in [4.69, 9.17) is 4.74 Å². The van der Waals surface area contributed by atoms with Crippen LogP contribution in [0, 0.1) is 5.92 Å². The first-order valence-electron chi connectivity index (χ1n) is 6.34. The van der Waals surface area contributed by atoms with Crippen molar-refractivity contribution >= 4 is 5.69 Å². The Bertz CT molecular complexity index is 354. The van der Waals surface area contributed by atoms with Gasteiger partial charge in [-0.3, -0.25) is 0 Å². The zero-order valence-electron chi connectivity index (χ0n) is 9.69. The van der Waals surface area contributed by atoms with Gasteiger partial charge in [0.15, 0.2) is 0 Å². The molecule has 1 saturated carbocycles. The average molecular weight is 217 g/mol. The van der Waals surface area contributed by atoms with Gasteiger partial charge in [-0.15, -0.1) is 0 Å². The number of benzene rings is 1. The second kappa shape index (κ2) is 4.46. The molecule has 0 aromatic heterocycles. The van der Waals surface area contributed by atoms with Gasteiger partial charge in [0, 0.05) is 18.8 Å². The summed E-state index contributed by atoms with van der Waals surface area (Å²) in [5.41, 5.74) is 2.98. The molecule has 2 heteroatoms. The van der Waals surface area contributed by atoms with Crippen LogP contribution in [0.5, 0.6) is 0 Å². The quantitative estimate of drug-likeness (QED) is 0.771. The minimum Gasteiger partial charge on any atom is -0.378 e. The fourth-order valence-corrected chi connectivity index (χ4v) is 2.43. The van der Waals surface area contributed by atoms with Gasteiger partial charge in [0.1, 0.15) is 0 Å². The molecule has 0 spiro atoms. The fourth-order valence-electron chi connectivity index (χ4n) is 2.43. The first-order valence-corrected chi connectivity index (χ1v) is 6.34. The van der Waals surface area contributed by atoms with E-state index in [0.29, 0.717) is 0 Å². The lowest BCUT2D eigenvalue weighted by Crippen LogP contribution is -2.36. The molecular formula is C14H19NO. The fraction of sp³-hybridized carbons (Fsp3) is 0.571. The Labute approximate surface area is 97.2 Å². The average Bonchev–Trinajstić information content (AvgIpc) is 3.15. The molecule has 1 aromatic carbocycles. The number of ether oxygens (including phenoxy) is 1. The summed E-state index contributed by atoms with van der Waals surface area (Å²) in [6.45, 7) is 3.83. The molecule has 1 aromatic rings. The smallest absolute Gasteiger partial charge is 0.0642 e. The molecule has 86 valence electrons. The van der Waals surface area contributed by atoms with E-state index < -0.39 is 0 Å². The highest BCUT2D eigenvalue weighted by Crippen LogP contribution is 2.35. The number of nitrogens with zero attached hydrogens (tertiary/aromatic N) is 1. The maximum absolute atomic E-state index is 5.41. The van der Waals surface area contributed by atoms with Gasteiger partial charge in [-0.25, -0.2) is 0 Å². The molecule has 1 heterocycles. The minimum absolute atomic E-state index is 0.873. The van der Waals surface area contributed by atoms with Crippen LogP contribution in [0.1, 0.15) is 18.4 Å². The number of para-hydroxylation sites is 1. The SMILES string of the molecule is c1ccc(N2CCOCC2)c(CC2CC2)c1. The summed E-state index contributed by atoms with van der Waals surface area (Å²) < 4.78 is 5.41. The molecule has 1 aliphatic heterocycles.